The number of hydrogen-bond donors (Lipinski definition) is 1. The fourth-order valence-electron chi connectivity index (χ4n) is 3.67. The molecule has 0 spiro atoms. The van der Waals surface area contributed by atoms with E-state index in [1.54, 1.807) is 7.11 Å². The summed E-state index contributed by atoms with van der Waals surface area (Å²) in [6, 6.07) is 10.5. The normalized spacial score (nSPS) is 15.0. The molecule has 1 fully saturated rings. The second kappa shape index (κ2) is 14.4. The molecule has 1 aromatic heterocycles. The number of methoxy groups -OCH3 is 1. The van der Waals surface area contributed by atoms with Crippen LogP contribution < -0.4 is 5.32 Å². The van der Waals surface area contributed by atoms with Crippen molar-refractivity contribution in [2.45, 2.75) is 45.4 Å². The van der Waals surface area contributed by atoms with Crippen LogP contribution in [0.2, 0.25) is 0 Å². The Hall–Kier alpha value is -1.65. The van der Waals surface area contributed by atoms with Crippen LogP contribution in [0.3, 0.4) is 0 Å². The van der Waals surface area contributed by atoms with E-state index in [2.05, 4.69) is 51.0 Å². The highest BCUT2D eigenvalue weighted by atomic mass is 127. The molecule has 1 aromatic carbocycles. The Labute approximate surface area is 203 Å². The quantitative estimate of drug-likeness (QED) is 0.216. The van der Waals surface area contributed by atoms with Gasteiger partial charge in [0.05, 0.1) is 6.10 Å². The highest BCUT2D eigenvalue weighted by Crippen LogP contribution is 2.15. The van der Waals surface area contributed by atoms with Gasteiger partial charge < -0.3 is 24.3 Å². The molecule has 0 radical (unpaired) electrons. The number of nitrogens with one attached hydrogen (secondary N) is 1. The van der Waals surface area contributed by atoms with Crippen LogP contribution in [-0.2, 0) is 22.6 Å². The van der Waals surface area contributed by atoms with Crippen molar-refractivity contribution in [3.05, 3.63) is 54.1 Å². The lowest BCUT2D eigenvalue weighted by Gasteiger charge is -2.34. The SMILES string of the molecule is CCNC(=NCc1nccn1Cc1ccccc1)N1CCC(OCCCOC)CC1.I. The van der Waals surface area contributed by atoms with Gasteiger partial charge in [0.15, 0.2) is 5.96 Å². The standard InChI is InChI=1S/C23H35N5O2.HI/c1-3-24-23(27-13-10-21(11-14-27)30-17-7-16-29-2)26-18-22-25-12-15-28(22)19-20-8-5-4-6-9-20;/h4-6,8-9,12,15,21H,3,7,10-11,13-14,16-19H2,1-2H3,(H,24,26);1H. The second-order valence-electron chi connectivity index (χ2n) is 7.53. The molecule has 3 rings (SSSR count). The van der Waals surface area contributed by atoms with Crippen LogP contribution in [0.25, 0.3) is 0 Å². The molecule has 31 heavy (non-hydrogen) atoms. The number of halogens is 1. The third-order valence-electron chi connectivity index (χ3n) is 5.29. The van der Waals surface area contributed by atoms with Gasteiger partial charge in [-0.1, -0.05) is 30.3 Å². The maximum Gasteiger partial charge on any atom is 0.194 e. The molecular weight excluding hydrogens is 505 g/mol. The van der Waals surface area contributed by atoms with Gasteiger partial charge in [0.1, 0.15) is 12.4 Å². The van der Waals surface area contributed by atoms with Gasteiger partial charge in [-0.2, -0.15) is 0 Å². The number of aromatic nitrogens is 2. The van der Waals surface area contributed by atoms with Crippen LogP contribution in [0.15, 0.2) is 47.7 Å². The molecule has 0 unspecified atom stereocenters. The molecule has 1 N–H and O–H groups in total. The fraction of sp³-hybridized carbons (Fsp3) is 0.565. The van der Waals surface area contributed by atoms with Gasteiger partial charge in [-0.3, -0.25) is 0 Å². The van der Waals surface area contributed by atoms with E-state index < -0.39 is 0 Å². The first-order valence-corrected chi connectivity index (χ1v) is 11.0. The summed E-state index contributed by atoms with van der Waals surface area (Å²) >= 11 is 0. The third-order valence-corrected chi connectivity index (χ3v) is 5.29. The molecule has 2 aromatic rings. The summed E-state index contributed by atoms with van der Waals surface area (Å²) in [6.45, 7) is 7.79. The molecule has 0 aliphatic carbocycles. The first-order valence-electron chi connectivity index (χ1n) is 11.0. The molecule has 1 aliphatic heterocycles. The number of piperidine rings is 1. The summed E-state index contributed by atoms with van der Waals surface area (Å²) in [5, 5.41) is 3.44. The minimum atomic E-state index is 0. The number of rotatable bonds is 10. The van der Waals surface area contributed by atoms with Crippen LogP contribution in [0.1, 0.15) is 37.6 Å². The van der Waals surface area contributed by atoms with Crippen LogP contribution in [0.5, 0.6) is 0 Å². The van der Waals surface area contributed by atoms with Crippen molar-refractivity contribution in [3.63, 3.8) is 0 Å². The van der Waals surface area contributed by atoms with E-state index in [9.17, 15) is 0 Å². The molecule has 8 heteroatoms. The van der Waals surface area contributed by atoms with E-state index in [0.717, 1.165) is 70.4 Å². The van der Waals surface area contributed by atoms with E-state index in [1.807, 2.05) is 18.5 Å². The van der Waals surface area contributed by atoms with Crippen molar-refractivity contribution in [2.75, 3.05) is 40.0 Å². The van der Waals surface area contributed by atoms with Gasteiger partial charge in [0.25, 0.3) is 0 Å². The van der Waals surface area contributed by atoms with Crippen molar-refractivity contribution in [1.29, 1.82) is 0 Å². The van der Waals surface area contributed by atoms with Gasteiger partial charge in [0.2, 0.25) is 0 Å². The van der Waals surface area contributed by atoms with Gasteiger partial charge in [0, 0.05) is 58.9 Å². The molecule has 2 heterocycles. The van der Waals surface area contributed by atoms with Crippen LogP contribution in [0.4, 0.5) is 0 Å². The maximum atomic E-state index is 5.98. The van der Waals surface area contributed by atoms with E-state index in [0.29, 0.717) is 12.6 Å². The average Bonchev–Trinajstić information content (AvgIpc) is 3.22. The third kappa shape index (κ3) is 8.42. The molecule has 0 bridgehead atoms. The molecule has 0 amide bonds. The second-order valence-corrected chi connectivity index (χ2v) is 7.53. The van der Waals surface area contributed by atoms with E-state index in [1.165, 1.54) is 5.56 Å². The Bertz CT molecular complexity index is 760. The highest BCUT2D eigenvalue weighted by Gasteiger charge is 2.22. The first-order chi connectivity index (χ1) is 14.8. The summed E-state index contributed by atoms with van der Waals surface area (Å²) in [4.78, 5) is 11.8. The Kier molecular flexibility index (Phi) is 11.9. The largest absolute Gasteiger partial charge is 0.385 e. The van der Waals surface area contributed by atoms with Crippen LogP contribution >= 0.6 is 24.0 Å². The van der Waals surface area contributed by atoms with E-state index >= 15 is 0 Å². The van der Waals surface area contributed by atoms with Crippen molar-refractivity contribution >= 4 is 29.9 Å². The van der Waals surface area contributed by atoms with Crippen LogP contribution in [0, 0.1) is 0 Å². The Morgan fingerprint density at radius 3 is 2.68 bits per heavy atom. The topological polar surface area (TPSA) is 63.9 Å². The summed E-state index contributed by atoms with van der Waals surface area (Å²) < 4.78 is 13.2. The number of benzene rings is 1. The molecule has 172 valence electrons. The lowest BCUT2D eigenvalue weighted by Crippen LogP contribution is -2.47. The Balaban J connectivity index is 0.00000341. The Morgan fingerprint density at radius 1 is 1.19 bits per heavy atom. The summed E-state index contributed by atoms with van der Waals surface area (Å²) in [6.07, 6.45) is 7.23. The minimum absolute atomic E-state index is 0. The van der Waals surface area contributed by atoms with Crippen molar-refractivity contribution in [2.24, 2.45) is 4.99 Å². The summed E-state index contributed by atoms with van der Waals surface area (Å²) in [7, 11) is 1.73. The van der Waals surface area contributed by atoms with Gasteiger partial charge >= 0.3 is 0 Å². The summed E-state index contributed by atoms with van der Waals surface area (Å²) in [5.74, 6) is 1.94. The van der Waals surface area contributed by atoms with E-state index in [4.69, 9.17) is 14.5 Å². The first kappa shape index (κ1) is 25.6. The smallest absolute Gasteiger partial charge is 0.194 e. The molecule has 1 aliphatic rings. The molecule has 0 atom stereocenters. The van der Waals surface area contributed by atoms with Crippen LogP contribution in [-0.4, -0.2) is 66.5 Å². The Morgan fingerprint density at radius 2 is 1.97 bits per heavy atom. The van der Waals surface area contributed by atoms with Crippen molar-refractivity contribution < 1.29 is 9.47 Å². The predicted molar refractivity (Wildman–Crippen MR) is 135 cm³/mol. The average molecular weight is 541 g/mol. The zero-order valence-electron chi connectivity index (χ0n) is 18.7. The van der Waals surface area contributed by atoms with Gasteiger partial charge in [-0.05, 0) is 31.7 Å². The molecule has 7 nitrogen and oxygen atoms in total. The number of imidazole rings is 1. The summed E-state index contributed by atoms with van der Waals surface area (Å²) in [5.41, 5.74) is 1.26. The maximum absolute atomic E-state index is 5.98. The minimum Gasteiger partial charge on any atom is -0.385 e. The highest BCUT2D eigenvalue weighted by molar-refractivity contribution is 14.0. The zero-order chi connectivity index (χ0) is 21.0. The van der Waals surface area contributed by atoms with E-state index in [-0.39, 0.29) is 24.0 Å². The molecule has 1 saturated heterocycles. The number of ether oxygens (including phenoxy) is 2. The number of hydrogen-bond acceptors (Lipinski definition) is 4. The lowest BCUT2D eigenvalue weighted by atomic mass is 10.1. The molecule has 0 saturated carbocycles. The number of guanidine groups is 1. The number of nitrogens with zero attached hydrogens (tertiary/aromatic N) is 4. The van der Waals surface area contributed by atoms with Gasteiger partial charge in [-0.25, -0.2) is 9.98 Å². The number of likely N-dealkylation sites (tertiary alicyclic amines) is 1. The zero-order valence-corrected chi connectivity index (χ0v) is 21.0. The molecular formula is C23H36IN5O2. The van der Waals surface area contributed by atoms with Crippen molar-refractivity contribution in [3.8, 4) is 0 Å². The fourth-order valence-corrected chi connectivity index (χ4v) is 3.67. The van der Waals surface area contributed by atoms with Crippen molar-refractivity contribution in [1.82, 2.24) is 19.8 Å². The number of aliphatic imine (C=N–C) groups is 1. The predicted octanol–water partition coefficient (Wildman–Crippen LogP) is 3.53. The monoisotopic (exact) mass is 541 g/mol. The lowest BCUT2D eigenvalue weighted by molar-refractivity contribution is 0.00990. The van der Waals surface area contributed by atoms with Gasteiger partial charge in [-0.15, -0.1) is 24.0 Å².